The van der Waals surface area contributed by atoms with E-state index >= 15 is 0 Å². The number of rotatable bonds is 5. The molecule has 0 saturated carbocycles. The Balaban J connectivity index is 1.89. The molecular weight excluding hydrogens is 260 g/mol. The molecule has 0 aliphatic heterocycles. The number of nitrogens with one attached hydrogen (secondary N) is 2. The molecule has 0 unspecified atom stereocenters. The minimum absolute atomic E-state index is 0.00717. The molecule has 2 rings (SSSR count). The zero-order valence-electron chi connectivity index (χ0n) is 12.8. The molecule has 0 bridgehead atoms. The second kappa shape index (κ2) is 6.93. The van der Waals surface area contributed by atoms with Crippen LogP contribution in [0.3, 0.4) is 0 Å². The lowest BCUT2D eigenvalue weighted by Gasteiger charge is -2.16. The summed E-state index contributed by atoms with van der Waals surface area (Å²) >= 11 is 0. The van der Waals surface area contributed by atoms with Gasteiger partial charge in [-0.1, -0.05) is 42.5 Å². The first-order valence-corrected chi connectivity index (χ1v) is 7.22. The van der Waals surface area contributed by atoms with Crippen LogP contribution in [-0.2, 0) is 4.79 Å². The highest BCUT2D eigenvalue weighted by Gasteiger charge is 2.09. The second-order valence-corrected chi connectivity index (χ2v) is 5.30. The van der Waals surface area contributed by atoms with Crippen molar-refractivity contribution < 1.29 is 4.79 Å². The van der Waals surface area contributed by atoms with E-state index in [1.165, 1.54) is 11.1 Å². The van der Waals surface area contributed by atoms with Crippen LogP contribution in [0.25, 0.3) is 0 Å². The molecule has 0 aliphatic rings. The fourth-order valence-electron chi connectivity index (χ4n) is 2.24. The number of carbonyl (C=O) groups is 1. The van der Waals surface area contributed by atoms with Gasteiger partial charge in [-0.2, -0.15) is 0 Å². The molecule has 0 radical (unpaired) electrons. The van der Waals surface area contributed by atoms with Crippen molar-refractivity contribution in [2.75, 3.05) is 11.9 Å². The average molecular weight is 282 g/mol. The normalized spacial score (nSPS) is 11.8. The first kappa shape index (κ1) is 15.1. The Morgan fingerprint density at radius 1 is 1.05 bits per heavy atom. The zero-order valence-corrected chi connectivity index (χ0v) is 12.8. The number of carbonyl (C=O) groups excluding carboxylic acids is 1. The number of benzene rings is 2. The Morgan fingerprint density at radius 2 is 1.76 bits per heavy atom. The summed E-state index contributed by atoms with van der Waals surface area (Å²) in [5, 5.41) is 6.20. The first-order valence-electron chi connectivity index (χ1n) is 7.22. The van der Waals surface area contributed by atoms with Crippen molar-refractivity contribution in [3.8, 4) is 0 Å². The third-order valence-corrected chi connectivity index (χ3v) is 3.72. The molecule has 1 amide bonds. The van der Waals surface area contributed by atoms with E-state index in [0.717, 1.165) is 11.3 Å². The molecule has 2 aromatic carbocycles. The van der Waals surface area contributed by atoms with Gasteiger partial charge in [0.1, 0.15) is 0 Å². The molecular formula is C18H22N2O. The van der Waals surface area contributed by atoms with Gasteiger partial charge in [-0.25, -0.2) is 0 Å². The number of hydrogen-bond acceptors (Lipinski definition) is 2. The summed E-state index contributed by atoms with van der Waals surface area (Å²) in [5.41, 5.74) is 4.52. The van der Waals surface area contributed by atoms with Gasteiger partial charge in [0, 0.05) is 5.69 Å². The third-order valence-electron chi connectivity index (χ3n) is 3.72. The standard InChI is InChI=1S/C18H22N2O/c1-13-8-7-11-17(14(13)2)19-12-18(21)20-15(3)16-9-5-4-6-10-16/h4-11,15,19H,12H2,1-3H3,(H,20,21)/t15-/m0/s1. The van der Waals surface area contributed by atoms with Gasteiger partial charge in [0.05, 0.1) is 12.6 Å². The lowest BCUT2D eigenvalue weighted by Crippen LogP contribution is -2.32. The summed E-state index contributed by atoms with van der Waals surface area (Å²) in [4.78, 5) is 12.0. The molecule has 3 heteroatoms. The molecule has 0 spiro atoms. The molecule has 1 atom stereocenters. The molecule has 110 valence electrons. The van der Waals surface area contributed by atoms with Gasteiger partial charge < -0.3 is 10.6 Å². The minimum atomic E-state index is -0.00717. The number of hydrogen-bond donors (Lipinski definition) is 2. The number of amides is 1. The average Bonchev–Trinajstić information content (AvgIpc) is 2.49. The predicted octanol–water partition coefficient (Wildman–Crippen LogP) is 3.59. The van der Waals surface area contributed by atoms with Crippen molar-refractivity contribution in [2.45, 2.75) is 26.8 Å². The lowest BCUT2D eigenvalue weighted by atomic mass is 10.1. The van der Waals surface area contributed by atoms with Crippen LogP contribution in [0, 0.1) is 13.8 Å². The Bertz CT molecular complexity index is 608. The van der Waals surface area contributed by atoms with E-state index in [4.69, 9.17) is 0 Å². The quantitative estimate of drug-likeness (QED) is 0.880. The maximum absolute atomic E-state index is 12.0. The topological polar surface area (TPSA) is 41.1 Å². The molecule has 0 fully saturated rings. The number of anilines is 1. The predicted molar refractivity (Wildman–Crippen MR) is 87.4 cm³/mol. The summed E-state index contributed by atoms with van der Waals surface area (Å²) in [7, 11) is 0. The highest BCUT2D eigenvalue weighted by atomic mass is 16.1. The van der Waals surface area contributed by atoms with Crippen molar-refractivity contribution in [1.82, 2.24) is 5.32 Å². The Kier molecular flexibility index (Phi) is 4.99. The van der Waals surface area contributed by atoms with E-state index in [1.807, 2.05) is 49.4 Å². The maximum atomic E-state index is 12.0. The molecule has 2 aromatic rings. The Labute approximate surface area is 126 Å². The molecule has 2 N–H and O–H groups in total. The first-order chi connectivity index (χ1) is 10.1. The molecule has 21 heavy (non-hydrogen) atoms. The number of aryl methyl sites for hydroxylation is 1. The molecule has 0 aliphatic carbocycles. The molecule has 0 aromatic heterocycles. The van der Waals surface area contributed by atoms with Gasteiger partial charge in [0.15, 0.2) is 0 Å². The summed E-state index contributed by atoms with van der Waals surface area (Å²) < 4.78 is 0. The third kappa shape index (κ3) is 4.09. The fourth-order valence-corrected chi connectivity index (χ4v) is 2.24. The van der Waals surface area contributed by atoms with E-state index in [1.54, 1.807) is 0 Å². The van der Waals surface area contributed by atoms with Crippen LogP contribution >= 0.6 is 0 Å². The fraction of sp³-hybridized carbons (Fsp3) is 0.278. The Hall–Kier alpha value is -2.29. The van der Waals surface area contributed by atoms with Gasteiger partial charge in [-0.15, -0.1) is 0 Å². The monoisotopic (exact) mass is 282 g/mol. The zero-order chi connectivity index (χ0) is 15.2. The van der Waals surface area contributed by atoms with Crippen LogP contribution in [0.2, 0.25) is 0 Å². The van der Waals surface area contributed by atoms with Crippen LogP contribution in [0.4, 0.5) is 5.69 Å². The van der Waals surface area contributed by atoms with Crippen molar-refractivity contribution in [1.29, 1.82) is 0 Å². The van der Waals surface area contributed by atoms with Crippen LogP contribution in [0.1, 0.15) is 29.7 Å². The van der Waals surface area contributed by atoms with Gasteiger partial charge in [0.25, 0.3) is 0 Å². The SMILES string of the molecule is Cc1cccc(NCC(=O)N[C@@H](C)c2ccccc2)c1C. The van der Waals surface area contributed by atoms with Crippen molar-refractivity contribution >= 4 is 11.6 Å². The molecule has 0 saturated heterocycles. The molecule has 0 heterocycles. The minimum Gasteiger partial charge on any atom is -0.376 e. The van der Waals surface area contributed by atoms with Crippen molar-refractivity contribution in [3.63, 3.8) is 0 Å². The van der Waals surface area contributed by atoms with E-state index in [0.29, 0.717) is 0 Å². The largest absolute Gasteiger partial charge is 0.376 e. The van der Waals surface area contributed by atoms with E-state index < -0.39 is 0 Å². The van der Waals surface area contributed by atoms with E-state index in [2.05, 4.69) is 30.5 Å². The second-order valence-electron chi connectivity index (χ2n) is 5.30. The maximum Gasteiger partial charge on any atom is 0.239 e. The highest BCUT2D eigenvalue weighted by Crippen LogP contribution is 2.17. The summed E-state index contributed by atoms with van der Waals surface area (Å²) in [5.74, 6) is -0.00717. The lowest BCUT2D eigenvalue weighted by molar-refractivity contribution is -0.120. The van der Waals surface area contributed by atoms with Crippen molar-refractivity contribution in [2.24, 2.45) is 0 Å². The van der Waals surface area contributed by atoms with Crippen molar-refractivity contribution in [3.05, 3.63) is 65.2 Å². The summed E-state index contributed by atoms with van der Waals surface area (Å²) in [6.45, 7) is 6.40. The van der Waals surface area contributed by atoms with Crippen LogP contribution in [-0.4, -0.2) is 12.5 Å². The molecule has 3 nitrogen and oxygen atoms in total. The highest BCUT2D eigenvalue weighted by molar-refractivity contribution is 5.81. The Morgan fingerprint density at radius 3 is 2.48 bits per heavy atom. The summed E-state index contributed by atoms with van der Waals surface area (Å²) in [6, 6.07) is 16.0. The van der Waals surface area contributed by atoms with Gasteiger partial charge in [0.2, 0.25) is 5.91 Å². The van der Waals surface area contributed by atoms with Gasteiger partial charge >= 0.3 is 0 Å². The smallest absolute Gasteiger partial charge is 0.239 e. The van der Waals surface area contributed by atoms with E-state index in [-0.39, 0.29) is 18.5 Å². The van der Waals surface area contributed by atoms with Gasteiger partial charge in [-0.05, 0) is 43.5 Å². The summed E-state index contributed by atoms with van der Waals surface area (Å²) in [6.07, 6.45) is 0. The van der Waals surface area contributed by atoms with Crippen LogP contribution in [0.15, 0.2) is 48.5 Å². The van der Waals surface area contributed by atoms with E-state index in [9.17, 15) is 4.79 Å². The van der Waals surface area contributed by atoms with Crippen LogP contribution < -0.4 is 10.6 Å². The van der Waals surface area contributed by atoms with Gasteiger partial charge in [-0.3, -0.25) is 4.79 Å². The van der Waals surface area contributed by atoms with Crippen LogP contribution in [0.5, 0.6) is 0 Å².